The van der Waals surface area contributed by atoms with E-state index in [-0.39, 0.29) is 39.2 Å². The van der Waals surface area contributed by atoms with Gasteiger partial charge < -0.3 is 0 Å². The minimum absolute atomic E-state index is 0. The lowest BCUT2D eigenvalue weighted by Crippen LogP contribution is -2.27. The number of aryl methyl sites for hydroxylation is 2. The first-order valence-electron chi connectivity index (χ1n) is 5.22. The molecule has 0 aliphatic carbocycles. The molecule has 0 heterocycles. The molecule has 0 saturated carbocycles. The third kappa shape index (κ3) is 3.94. The number of halogens is 1. The third-order valence-electron chi connectivity index (χ3n) is 2.42. The largest absolute Gasteiger partial charge is 0.298 e. The number of benzene rings is 2. The SMILES string of the molecule is Cc1ccc[c]([Al][c]2cccc(C)c2)c1.I. The van der Waals surface area contributed by atoms with E-state index in [9.17, 15) is 0 Å². The normalized spacial score (nSPS) is 9.38. The van der Waals surface area contributed by atoms with Crippen molar-refractivity contribution in [2.75, 3.05) is 0 Å². The van der Waals surface area contributed by atoms with Crippen LogP contribution in [0.2, 0.25) is 0 Å². The highest BCUT2D eigenvalue weighted by molar-refractivity contribution is 14.0. The highest BCUT2D eigenvalue weighted by Crippen LogP contribution is 1.94. The van der Waals surface area contributed by atoms with Gasteiger partial charge in [0, 0.05) is 0 Å². The lowest BCUT2D eigenvalue weighted by atomic mass is 10.2. The zero-order valence-corrected chi connectivity index (χ0v) is 13.1. The quantitative estimate of drug-likeness (QED) is 0.584. The zero-order chi connectivity index (χ0) is 10.7. The van der Waals surface area contributed by atoms with E-state index >= 15 is 0 Å². The van der Waals surface area contributed by atoms with E-state index in [2.05, 4.69) is 62.4 Å². The van der Waals surface area contributed by atoms with Crippen LogP contribution in [0.15, 0.2) is 48.5 Å². The number of hydrogen-bond donors (Lipinski definition) is 0. The lowest BCUT2D eigenvalue weighted by molar-refractivity contribution is 1.49. The van der Waals surface area contributed by atoms with E-state index in [0.717, 1.165) is 0 Å². The molecule has 2 aromatic carbocycles. The molecular weight excluding hydrogens is 322 g/mol. The average Bonchev–Trinajstić information content (AvgIpc) is 2.17. The van der Waals surface area contributed by atoms with Crippen LogP contribution in [0.25, 0.3) is 0 Å². The fourth-order valence-corrected chi connectivity index (χ4v) is 3.20. The van der Waals surface area contributed by atoms with Crippen molar-refractivity contribution in [1.29, 1.82) is 0 Å². The molecule has 0 N–H and O–H groups in total. The summed E-state index contributed by atoms with van der Waals surface area (Å²) in [6.07, 6.45) is 0. The van der Waals surface area contributed by atoms with Gasteiger partial charge in [0.1, 0.15) is 0 Å². The first kappa shape index (κ1) is 13.8. The molecule has 0 unspecified atom stereocenters. The Kier molecular flexibility index (Phi) is 5.54. The Morgan fingerprint density at radius 3 is 1.56 bits per heavy atom. The Labute approximate surface area is 121 Å². The van der Waals surface area contributed by atoms with Crippen molar-refractivity contribution in [3.63, 3.8) is 0 Å². The molecule has 16 heavy (non-hydrogen) atoms. The Balaban J connectivity index is 0.00000128. The standard InChI is InChI=1S/2C7H7.Al.HI/c2*1-7-5-3-2-4-6-7;;/h2*2-3,5-6H,1H3;;1H. The fourth-order valence-electron chi connectivity index (χ4n) is 1.71. The van der Waals surface area contributed by atoms with Crippen LogP contribution in [0.3, 0.4) is 0 Å². The molecule has 81 valence electrons. The molecule has 2 heteroatoms. The Bertz CT molecular complexity index is 422. The summed E-state index contributed by atoms with van der Waals surface area (Å²) in [5, 5.41) is 0. The maximum absolute atomic E-state index is 2.29. The maximum Gasteiger partial charge on any atom is 0.298 e. The smallest absolute Gasteiger partial charge is 0.116 e. The summed E-state index contributed by atoms with van der Waals surface area (Å²) in [5.41, 5.74) is 2.71. The second kappa shape index (κ2) is 6.44. The molecule has 0 aromatic heterocycles. The van der Waals surface area contributed by atoms with Crippen molar-refractivity contribution in [3.8, 4) is 0 Å². The van der Waals surface area contributed by atoms with Crippen LogP contribution >= 0.6 is 24.0 Å². The van der Waals surface area contributed by atoms with Crippen molar-refractivity contribution in [3.05, 3.63) is 59.7 Å². The molecule has 2 aromatic rings. The van der Waals surface area contributed by atoms with Gasteiger partial charge in [0.05, 0.1) is 0 Å². The van der Waals surface area contributed by atoms with Crippen molar-refractivity contribution in [1.82, 2.24) is 0 Å². The molecule has 0 atom stereocenters. The summed E-state index contributed by atoms with van der Waals surface area (Å²) < 4.78 is 2.95. The van der Waals surface area contributed by atoms with E-state index in [0.29, 0.717) is 0 Å². The van der Waals surface area contributed by atoms with Crippen LogP contribution in [0.4, 0.5) is 0 Å². The predicted molar refractivity (Wildman–Crippen MR) is 82.8 cm³/mol. The Morgan fingerprint density at radius 1 is 0.750 bits per heavy atom. The van der Waals surface area contributed by atoms with Crippen LogP contribution in [0, 0.1) is 13.8 Å². The molecule has 0 fully saturated rings. The second-order valence-electron chi connectivity index (χ2n) is 3.97. The van der Waals surface area contributed by atoms with Gasteiger partial charge in [-0.3, -0.25) is 0 Å². The summed E-state index contributed by atoms with van der Waals surface area (Å²) in [6, 6.07) is 17.6. The van der Waals surface area contributed by atoms with Gasteiger partial charge in [0.2, 0.25) is 0 Å². The predicted octanol–water partition coefficient (Wildman–Crippen LogP) is 2.58. The molecule has 0 aliphatic heterocycles. The third-order valence-corrected chi connectivity index (χ3v) is 3.80. The molecular formula is C14H15AlI. The van der Waals surface area contributed by atoms with E-state index in [1.165, 1.54) is 20.0 Å². The maximum atomic E-state index is 2.29. The minimum atomic E-state index is 0. The van der Waals surface area contributed by atoms with Gasteiger partial charge >= 0.3 is 0 Å². The number of rotatable bonds is 2. The van der Waals surface area contributed by atoms with Crippen LogP contribution < -0.4 is 8.85 Å². The van der Waals surface area contributed by atoms with E-state index in [1.807, 2.05) is 0 Å². The van der Waals surface area contributed by atoms with Crippen LogP contribution in [0.5, 0.6) is 0 Å². The molecule has 0 nitrogen and oxygen atoms in total. The van der Waals surface area contributed by atoms with E-state index in [1.54, 1.807) is 0 Å². The van der Waals surface area contributed by atoms with E-state index < -0.39 is 0 Å². The second-order valence-corrected chi connectivity index (χ2v) is 5.59. The summed E-state index contributed by atoms with van der Waals surface area (Å²) in [5.74, 6) is 0. The lowest BCUT2D eigenvalue weighted by Gasteiger charge is -2.02. The van der Waals surface area contributed by atoms with Crippen molar-refractivity contribution in [2.24, 2.45) is 0 Å². The highest BCUT2D eigenvalue weighted by Gasteiger charge is 1.99. The Hall–Kier alpha value is -0.298. The van der Waals surface area contributed by atoms with Gasteiger partial charge in [-0.15, -0.1) is 32.8 Å². The Morgan fingerprint density at radius 2 is 1.19 bits per heavy atom. The molecule has 0 spiro atoms. The molecule has 0 bridgehead atoms. The van der Waals surface area contributed by atoms with Gasteiger partial charge in [-0.05, 0) is 13.8 Å². The summed E-state index contributed by atoms with van der Waals surface area (Å²) >= 11 is 0.246. The van der Waals surface area contributed by atoms with Crippen molar-refractivity contribution >= 4 is 48.0 Å². The topological polar surface area (TPSA) is 0 Å². The molecule has 1 radical (unpaired) electrons. The summed E-state index contributed by atoms with van der Waals surface area (Å²) in [6.45, 7) is 4.30. The minimum Gasteiger partial charge on any atom is -0.116 e. The van der Waals surface area contributed by atoms with Crippen LogP contribution in [0.1, 0.15) is 11.1 Å². The summed E-state index contributed by atoms with van der Waals surface area (Å²) in [7, 11) is 0. The fraction of sp³-hybridized carbons (Fsp3) is 0.143. The number of hydrogen-bond acceptors (Lipinski definition) is 0. The monoisotopic (exact) mass is 337 g/mol. The summed E-state index contributed by atoms with van der Waals surface area (Å²) in [4.78, 5) is 0. The molecule has 0 saturated heterocycles. The molecule has 0 amide bonds. The first-order valence-corrected chi connectivity index (χ1v) is 6.37. The van der Waals surface area contributed by atoms with Crippen LogP contribution in [-0.4, -0.2) is 15.2 Å². The van der Waals surface area contributed by atoms with Crippen LogP contribution in [-0.2, 0) is 0 Å². The van der Waals surface area contributed by atoms with Gasteiger partial charge in [0.25, 0.3) is 15.2 Å². The first-order chi connectivity index (χ1) is 7.24. The zero-order valence-electron chi connectivity index (χ0n) is 9.60. The van der Waals surface area contributed by atoms with Gasteiger partial charge in [-0.25, -0.2) is 0 Å². The molecule has 2 rings (SSSR count). The van der Waals surface area contributed by atoms with Gasteiger partial charge in [-0.2, -0.15) is 0 Å². The van der Waals surface area contributed by atoms with Crippen molar-refractivity contribution in [2.45, 2.75) is 13.8 Å². The van der Waals surface area contributed by atoms with Gasteiger partial charge in [0.15, 0.2) is 0 Å². The van der Waals surface area contributed by atoms with E-state index in [4.69, 9.17) is 0 Å². The van der Waals surface area contributed by atoms with Gasteiger partial charge in [-0.1, -0.05) is 59.7 Å². The highest BCUT2D eigenvalue weighted by atomic mass is 127. The molecule has 0 aliphatic rings. The average molecular weight is 337 g/mol. The van der Waals surface area contributed by atoms with Crippen molar-refractivity contribution < 1.29 is 0 Å².